The molecule has 2 N–H and O–H groups in total. The fourth-order valence-corrected chi connectivity index (χ4v) is 2.32. The minimum absolute atomic E-state index is 0.120. The monoisotopic (exact) mass is 240 g/mol. The van der Waals surface area contributed by atoms with E-state index in [1.165, 1.54) is 4.90 Å². The zero-order valence-electron chi connectivity index (χ0n) is 10.4. The van der Waals surface area contributed by atoms with Gasteiger partial charge in [0.05, 0.1) is 6.54 Å². The van der Waals surface area contributed by atoms with E-state index >= 15 is 0 Å². The average molecular weight is 240 g/mol. The highest BCUT2D eigenvalue weighted by molar-refractivity contribution is 6.01. The van der Waals surface area contributed by atoms with E-state index < -0.39 is 0 Å². The number of amides is 3. The quantitative estimate of drug-likeness (QED) is 0.635. The standard InChI is InChI=1S/C11H20N4O2/c1-8-7-14(9(2)5-12-8)3-4-15-10(16)6-13-11(15)17/h8-9,12H,3-7H2,1-2H3,(H,13,17). The van der Waals surface area contributed by atoms with Crippen LogP contribution in [-0.2, 0) is 4.79 Å². The van der Waals surface area contributed by atoms with Crippen molar-refractivity contribution in [1.82, 2.24) is 20.4 Å². The predicted molar refractivity (Wildman–Crippen MR) is 63.6 cm³/mol. The molecule has 0 radical (unpaired) electrons. The zero-order valence-corrected chi connectivity index (χ0v) is 10.4. The van der Waals surface area contributed by atoms with Gasteiger partial charge in [0, 0.05) is 38.3 Å². The topological polar surface area (TPSA) is 64.7 Å². The molecule has 0 saturated carbocycles. The van der Waals surface area contributed by atoms with Crippen molar-refractivity contribution in [3.8, 4) is 0 Å². The lowest BCUT2D eigenvalue weighted by Gasteiger charge is -2.37. The van der Waals surface area contributed by atoms with Gasteiger partial charge in [0.15, 0.2) is 0 Å². The normalized spacial score (nSPS) is 30.8. The van der Waals surface area contributed by atoms with Crippen molar-refractivity contribution in [2.24, 2.45) is 0 Å². The number of rotatable bonds is 3. The van der Waals surface area contributed by atoms with Gasteiger partial charge in [-0.3, -0.25) is 14.6 Å². The van der Waals surface area contributed by atoms with Gasteiger partial charge in [-0.2, -0.15) is 0 Å². The Morgan fingerprint density at radius 2 is 2.06 bits per heavy atom. The van der Waals surface area contributed by atoms with E-state index in [0.29, 0.717) is 18.6 Å². The number of carbonyl (C=O) groups excluding carboxylic acids is 2. The Kier molecular flexibility index (Phi) is 3.63. The average Bonchev–Trinajstić information content (AvgIpc) is 2.61. The van der Waals surface area contributed by atoms with Gasteiger partial charge in [0.1, 0.15) is 0 Å². The van der Waals surface area contributed by atoms with Crippen LogP contribution in [0.3, 0.4) is 0 Å². The van der Waals surface area contributed by atoms with Crippen LogP contribution in [-0.4, -0.2) is 66.5 Å². The molecular weight excluding hydrogens is 220 g/mol. The van der Waals surface area contributed by atoms with Crippen LogP contribution in [0.4, 0.5) is 4.79 Å². The largest absolute Gasteiger partial charge is 0.329 e. The molecule has 0 aromatic heterocycles. The summed E-state index contributed by atoms with van der Waals surface area (Å²) in [5.41, 5.74) is 0. The van der Waals surface area contributed by atoms with Gasteiger partial charge >= 0.3 is 6.03 Å². The highest BCUT2D eigenvalue weighted by Gasteiger charge is 2.30. The van der Waals surface area contributed by atoms with Crippen LogP contribution in [0.2, 0.25) is 0 Å². The fourth-order valence-electron chi connectivity index (χ4n) is 2.32. The third-order valence-corrected chi connectivity index (χ3v) is 3.44. The van der Waals surface area contributed by atoms with E-state index in [1.54, 1.807) is 0 Å². The highest BCUT2D eigenvalue weighted by Crippen LogP contribution is 2.07. The second-order valence-corrected chi connectivity index (χ2v) is 4.86. The summed E-state index contributed by atoms with van der Waals surface area (Å²) < 4.78 is 0. The van der Waals surface area contributed by atoms with Crippen molar-refractivity contribution in [3.05, 3.63) is 0 Å². The molecule has 2 unspecified atom stereocenters. The molecule has 6 heteroatoms. The van der Waals surface area contributed by atoms with Crippen molar-refractivity contribution in [2.45, 2.75) is 25.9 Å². The van der Waals surface area contributed by atoms with Crippen molar-refractivity contribution in [2.75, 3.05) is 32.7 Å². The second-order valence-electron chi connectivity index (χ2n) is 4.86. The van der Waals surface area contributed by atoms with Crippen LogP contribution in [0.1, 0.15) is 13.8 Å². The van der Waals surface area contributed by atoms with Gasteiger partial charge < -0.3 is 10.6 Å². The molecule has 6 nitrogen and oxygen atoms in total. The number of nitrogens with zero attached hydrogens (tertiary/aromatic N) is 2. The first-order chi connectivity index (χ1) is 8.08. The summed E-state index contributed by atoms with van der Waals surface area (Å²) in [4.78, 5) is 26.4. The predicted octanol–water partition coefficient (Wildman–Crippen LogP) is -0.780. The molecule has 96 valence electrons. The third kappa shape index (κ3) is 2.76. The fraction of sp³-hybridized carbons (Fsp3) is 0.818. The van der Waals surface area contributed by atoms with Crippen molar-refractivity contribution in [1.29, 1.82) is 0 Å². The van der Waals surface area contributed by atoms with E-state index in [-0.39, 0.29) is 18.5 Å². The lowest BCUT2D eigenvalue weighted by Crippen LogP contribution is -2.55. The molecule has 0 spiro atoms. The van der Waals surface area contributed by atoms with E-state index in [1.807, 2.05) is 0 Å². The molecule has 2 atom stereocenters. The lowest BCUT2D eigenvalue weighted by molar-refractivity contribution is -0.125. The molecule has 2 saturated heterocycles. The summed E-state index contributed by atoms with van der Waals surface area (Å²) in [6.45, 7) is 7.61. The van der Waals surface area contributed by atoms with Crippen molar-refractivity contribution >= 4 is 11.9 Å². The first-order valence-electron chi connectivity index (χ1n) is 6.13. The number of urea groups is 1. The summed E-state index contributed by atoms with van der Waals surface area (Å²) in [6.07, 6.45) is 0. The molecule has 2 aliphatic heterocycles. The molecule has 0 aliphatic carbocycles. The minimum Gasteiger partial charge on any atom is -0.329 e. The number of hydrogen-bond acceptors (Lipinski definition) is 4. The summed E-state index contributed by atoms with van der Waals surface area (Å²) >= 11 is 0. The van der Waals surface area contributed by atoms with E-state index in [9.17, 15) is 9.59 Å². The Balaban J connectivity index is 1.84. The summed E-state index contributed by atoms with van der Waals surface area (Å²) in [5.74, 6) is -0.120. The summed E-state index contributed by atoms with van der Waals surface area (Å²) in [6, 6.07) is 0.659. The number of hydrogen-bond donors (Lipinski definition) is 2. The first kappa shape index (κ1) is 12.3. The minimum atomic E-state index is -0.258. The third-order valence-electron chi connectivity index (χ3n) is 3.44. The maximum Gasteiger partial charge on any atom is 0.324 e. The Morgan fingerprint density at radius 3 is 2.71 bits per heavy atom. The molecular formula is C11H20N4O2. The van der Waals surface area contributed by atoms with Gasteiger partial charge in [0.25, 0.3) is 0 Å². The van der Waals surface area contributed by atoms with Gasteiger partial charge in [-0.05, 0) is 13.8 Å². The van der Waals surface area contributed by atoms with Crippen LogP contribution >= 0.6 is 0 Å². The Hall–Kier alpha value is -1.14. The summed E-state index contributed by atoms with van der Waals surface area (Å²) in [5, 5.41) is 5.94. The van der Waals surface area contributed by atoms with Crippen LogP contribution in [0.25, 0.3) is 0 Å². The second kappa shape index (κ2) is 5.01. The van der Waals surface area contributed by atoms with Crippen LogP contribution in [0.15, 0.2) is 0 Å². The Bertz CT molecular complexity index is 305. The van der Waals surface area contributed by atoms with E-state index in [4.69, 9.17) is 0 Å². The molecule has 17 heavy (non-hydrogen) atoms. The van der Waals surface area contributed by atoms with E-state index in [2.05, 4.69) is 29.4 Å². The van der Waals surface area contributed by atoms with E-state index in [0.717, 1.165) is 19.6 Å². The Labute approximate surface area is 101 Å². The number of imide groups is 1. The summed E-state index contributed by atoms with van der Waals surface area (Å²) in [7, 11) is 0. The molecule has 2 rings (SSSR count). The molecule has 0 aromatic rings. The van der Waals surface area contributed by atoms with Crippen molar-refractivity contribution < 1.29 is 9.59 Å². The maximum absolute atomic E-state index is 11.4. The zero-order chi connectivity index (χ0) is 12.4. The first-order valence-corrected chi connectivity index (χ1v) is 6.13. The van der Waals surface area contributed by atoms with Crippen LogP contribution in [0.5, 0.6) is 0 Å². The molecule has 0 bridgehead atoms. The molecule has 3 amide bonds. The molecule has 2 heterocycles. The van der Waals surface area contributed by atoms with Crippen molar-refractivity contribution in [3.63, 3.8) is 0 Å². The van der Waals surface area contributed by atoms with Gasteiger partial charge in [0.2, 0.25) is 5.91 Å². The molecule has 0 aromatic carbocycles. The highest BCUT2D eigenvalue weighted by atomic mass is 16.2. The van der Waals surface area contributed by atoms with Crippen LogP contribution in [0, 0.1) is 0 Å². The molecule has 2 fully saturated rings. The smallest absolute Gasteiger partial charge is 0.324 e. The van der Waals surface area contributed by atoms with Gasteiger partial charge in [-0.25, -0.2) is 4.79 Å². The number of carbonyl (C=O) groups is 2. The lowest BCUT2D eigenvalue weighted by atomic mass is 10.1. The number of nitrogens with one attached hydrogen (secondary N) is 2. The number of piperazine rings is 1. The maximum atomic E-state index is 11.4. The van der Waals surface area contributed by atoms with Gasteiger partial charge in [-0.1, -0.05) is 0 Å². The Morgan fingerprint density at radius 1 is 1.29 bits per heavy atom. The SMILES string of the molecule is CC1CN(CCN2C(=O)CNC2=O)C(C)CN1. The van der Waals surface area contributed by atoms with Crippen LogP contribution < -0.4 is 10.6 Å². The molecule has 2 aliphatic rings. The van der Waals surface area contributed by atoms with Gasteiger partial charge in [-0.15, -0.1) is 0 Å².